The molecule has 0 aliphatic heterocycles. The van der Waals surface area contributed by atoms with Crippen molar-refractivity contribution < 1.29 is 4.74 Å². The van der Waals surface area contributed by atoms with Crippen LogP contribution in [0.25, 0.3) is 0 Å². The Hall–Kier alpha value is -1.81. The Labute approximate surface area is 94.4 Å². The van der Waals surface area contributed by atoms with Gasteiger partial charge in [0.1, 0.15) is 5.75 Å². The van der Waals surface area contributed by atoms with Crippen LogP contribution < -0.4 is 10.5 Å². The highest BCUT2D eigenvalue weighted by Gasteiger charge is 2.09. The summed E-state index contributed by atoms with van der Waals surface area (Å²) in [5, 5.41) is 6.85. The summed E-state index contributed by atoms with van der Waals surface area (Å²) in [6, 6.07) is 9.50. The molecule has 4 heteroatoms. The minimum Gasteiger partial charge on any atom is -0.437 e. The molecule has 4 nitrogen and oxygen atoms in total. The first kappa shape index (κ1) is 10.7. The van der Waals surface area contributed by atoms with Gasteiger partial charge in [0, 0.05) is 23.4 Å². The van der Waals surface area contributed by atoms with Crippen molar-refractivity contribution in [2.75, 3.05) is 0 Å². The van der Waals surface area contributed by atoms with Gasteiger partial charge in [-0.15, -0.1) is 5.10 Å². The zero-order valence-electron chi connectivity index (χ0n) is 9.40. The monoisotopic (exact) mass is 217 g/mol. The summed E-state index contributed by atoms with van der Waals surface area (Å²) in [6.07, 6.45) is 0. The summed E-state index contributed by atoms with van der Waals surface area (Å²) in [7, 11) is 0. The molecule has 0 saturated heterocycles. The summed E-state index contributed by atoms with van der Waals surface area (Å²) < 4.78 is 5.67. The van der Waals surface area contributed by atoms with Crippen LogP contribution in [0.4, 0.5) is 0 Å². The fraction of sp³-hybridized carbons (Fsp3) is 0.250. The summed E-state index contributed by atoms with van der Waals surface area (Å²) >= 11 is 0. The molecule has 1 aromatic carbocycles. The van der Waals surface area contributed by atoms with E-state index in [9.17, 15) is 0 Å². The normalized spacial score (nSPS) is 12.4. The van der Waals surface area contributed by atoms with E-state index in [1.165, 1.54) is 0 Å². The second-order valence-electron chi connectivity index (χ2n) is 3.82. The fourth-order valence-corrected chi connectivity index (χ4v) is 1.51. The Kier molecular flexibility index (Phi) is 2.92. The molecule has 1 atom stereocenters. The van der Waals surface area contributed by atoms with E-state index in [0.29, 0.717) is 5.88 Å². The maximum absolute atomic E-state index is 5.87. The lowest BCUT2D eigenvalue weighted by molar-refractivity contribution is 0.452. The first-order chi connectivity index (χ1) is 7.66. The number of H-pyrrole nitrogens is 1. The van der Waals surface area contributed by atoms with E-state index < -0.39 is 0 Å². The molecule has 0 bridgehead atoms. The van der Waals surface area contributed by atoms with Crippen molar-refractivity contribution in [1.82, 2.24) is 10.2 Å². The topological polar surface area (TPSA) is 63.9 Å². The first-order valence-corrected chi connectivity index (χ1v) is 5.21. The summed E-state index contributed by atoms with van der Waals surface area (Å²) in [4.78, 5) is 0. The predicted octanol–water partition coefficient (Wildman–Crippen LogP) is 2.53. The van der Waals surface area contributed by atoms with Crippen LogP contribution in [0.2, 0.25) is 0 Å². The van der Waals surface area contributed by atoms with Crippen LogP contribution in [0, 0.1) is 6.92 Å². The SMILES string of the molecule is Cc1cc(Oc2ccccc2[C@@H](C)N)n[nH]1. The van der Waals surface area contributed by atoms with E-state index in [2.05, 4.69) is 10.2 Å². The van der Waals surface area contributed by atoms with Gasteiger partial charge in [0.05, 0.1) is 0 Å². The molecule has 3 N–H and O–H groups in total. The Balaban J connectivity index is 2.27. The summed E-state index contributed by atoms with van der Waals surface area (Å²) in [5.74, 6) is 1.31. The van der Waals surface area contributed by atoms with Gasteiger partial charge >= 0.3 is 0 Å². The average molecular weight is 217 g/mol. The van der Waals surface area contributed by atoms with Crippen molar-refractivity contribution in [1.29, 1.82) is 0 Å². The van der Waals surface area contributed by atoms with Crippen LogP contribution in [-0.2, 0) is 0 Å². The number of para-hydroxylation sites is 1. The van der Waals surface area contributed by atoms with Gasteiger partial charge in [0.15, 0.2) is 0 Å². The van der Waals surface area contributed by atoms with Gasteiger partial charge in [-0.2, -0.15) is 0 Å². The minimum absolute atomic E-state index is 0.0590. The Morgan fingerprint density at radius 1 is 1.38 bits per heavy atom. The number of aromatic nitrogens is 2. The van der Waals surface area contributed by atoms with Crippen molar-refractivity contribution in [3.63, 3.8) is 0 Å². The van der Waals surface area contributed by atoms with Crippen LogP contribution >= 0.6 is 0 Å². The summed E-state index contributed by atoms with van der Waals surface area (Å²) in [6.45, 7) is 3.86. The van der Waals surface area contributed by atoms with Crippen molar-refractivity contribution in [3.8, 4) is 11.6 Å². The first-order valence-electron chi connectivity index (χ1n) is 5.21. The number of nitrogens with zero attached hydrogens (tertiary/aromatic N) is 1. The lowest BCUT2D eigenvalue weighted by Gasteiger charge is -2.11. The molecule has 0 amide bonds. The molecular weight excluding hydrogens is 202 g/mol. The van der Waals surface area contributed by atoms with Crippen molar-refractivity contribution in [3.05, 3.63) is 41.6 Å². The predicted molar refractivity (Wildman–Crippen MR) is 62.4 cm³/mol. The number of aromatic amines is 1. The molecule has 2 aromatic rings. The number of hydrogen-bond donors (Lipinski definition) is 2. The third kappa shape index (κ3) is 2.23. The number of hydrogen-bond acceptors (Lipinski definition) is 3. The van der Waals surface area contributed by atoms with Gasteiger partial charge < -0.3 is 10.5 Å². The van der Waals surface area contributed by atoms with Gasteiger partial charge in [-0.05, 0) is 19.9 Å². The second kappa shape index (κ2) is 4.37. The molecule has 1 aromatic heterocycles. The fourth-order valence-electron chi connectivity index (χ4n) is 1.51. The van der Waals surface area contributed by atoms with Gasteiger partial charge in [0.2, 0.25) is 5.88 Å². The largest absolute Gasteiger partial charge is 0.437 e. The van der Waals surface area contributed by atoms with Gasteiger partial charge in [-0.25, -0.2) is 0 Å². The van der Waals surface area contributed by atoms with Gasteiger partial charge in [-0.1, -0.05) is 18.2 Å². The van der Waals surface area contributed by atoms with Crippen LogP contribution in [0.15, 0.2) is 30.3 Å². The molecule has 0 fully saturated rings. The molecule has 0 spiro atoms. The van der Waals surface area contributed by atoms with E-state index in [4.69, 9.17) is 10.5 Å². The van der Waals surface area contributed by atoms with E-state index in [-0.39, 0.29) is 6.04 Å². The van der Waals surface area contributed by atoms with Crippen LogP contribution in [0.1, 0.15) is 24.2 Å². The average Bonchev–Trinajstić information content (AvgIpc) is 2.64. The van der Waals surface area contributed by atoms with E-state index in [0.717, 1.165) is 17.0 Å². The van der Waals surface area contributed by atoms with Crippen LogP contribution in [0.5, 0.6) is 11.6 Å². The molecule has 0 aliphatic rings. The molecule has 0 saturated carbocycles. The highest BCUT2D eigenvalue weighted by atomic mass is 16.5. The Bertz CT molecular complexity index is 477. The van der Waals surface area contributed by atoms with Crippen molar-refractivity contribution >= 4 is 0 Å². The molecular formula is C12H15N3O. The van der Waals surface area contributed by atoms with Crippen molar-refractivity contribution in [2.24, 2.45) is 5.73 Å². The number of ether oxygens (including phenoxy) is 1. The lowest BCUT2D eigenvalue weighted by atomic mass is 10.1. The van der Waals surface area contributed by atoms with E-state index in [1.807, 2.05) is 44.2 Å². The molecule has 2 rings (SSSR count). The smallest absolute Gasteiger partial charge is 0.238 e. The molecule has 0 radical (unpaired) electrons. The molecule has 0 aliphatic carbocycles. The molecule has 16 heavy (non-hydrogen) atoms. The minimum atomic E-state index is -0.0590. The molecule has 84 valence electrons. The Morgan fingerprint density at radius 2 is 2.12 bits per heavy atom. The third-order valence-corrected chi connectivity index (χ3v) is 2.31. The Morgan fingerprint density at radius 3 is 2.75 bits per heavy atom. The molecule has 0 unspecified atom stereocenters. The van der Waals surface area contributed by atoms with Crippen molar-refractivity contribution in [2.45, 2.75) is 19.9 Å². The van der Waals surface area contributed by atoms with Crippen LogP contribution in [0.3, 0.4) is 0 Å². The quantitative estimate of drug-likeness (QED) is 0.830. The maximum atomic E-state index is 5.87. The summed E-state index contributed by atoms with van der Waals surface area (Å²) in [5.41, 5.74) is 7.81. The zero-order valence-corrected chi connectivity index (χ0v) is 9.40. The zero-order chi connectivity index (χ0) is 11.5. The second-order valence-corrected chi connectivity index (χ2v) is 3.82. The third-order valence-electron chi connectivity index (χ3n) is 2.31. The highest BCUT2D eigenvalue weighted by Crippen LogP contribution is 2.27. The van der Waals surface area contributed by atoms with E-state index >= 15 is 0 Å². The number of rotatable bonds is 3. The number of nitrogens with one attached hydrogen (secondary N) is 1. The standard InChI is InChI=1S/C12H15N3O/c1-8-7-12(15-14-8)16-11-6-4-3-5-10(11)9(2)13/h3-7,9H,13H2,1-2H3,(H,14,15)/t9-/m1/s1. The lowest BCUT2D eigenvalue weighted by Crippen LogP contribution is -2.06. The van der Waals surface area contributed by atoms with E-state index in [1.54, 1.807) is 0 Å². The molecule has 1 heterocycles. The number of aryl methyl sites for hydroxylation is 1. The highest BCUT2D eigenvalue weighted by molar-refractivity contribution is 5.37. The maximum Gasteiger partial charge on any atom is 0.238 e. The van der Waals surface area contributed by atoms with Crippen LogP contribution in [-0.4, -0.2) is 10.2 Å². The van der Waals surface area contributed by atoms with Gasteiger partial charge in [0.25, 0.3) is 0 Å². The number of nitrogens with two attached hydrogens (primary N) is 1. The van der Waals surface area contributed by atoms with Gasteiger partial charge in [-0.3, -0.25) is 5.10 Å². The number of benzene rings is 1.